The number of dihydropyridines is 1. The number of likely N-dealkylation sites (N-methyl/N-ethyl adjacent to an activating group) is 1. The first kappa shape index (κ1) is 13.1. The van der Waals surface area contributed by atoms with Gasteiger partial charge in [-0.1, -0.05) is 0 Å². The van der Waals surface area contributed by atoms with Gasteiger partial charge in [0, 0.05) is 19.8 Å². The Bertz CT molecular complexity index is 359. The second kappa shape index (κ2) is 6.02. The number of rotatable bonds is 4. The molecule has 0 radical (unpaired) electrons. The molecule has 1 unspecified atom stereocenters. The van der Waals surface area contributed by atoms with E-state index >= 15 is 0 Å². The molecular weight excluding hydrogens is 232 g/mol. The Kier molecular flexibility index (Phi) is 4.38. The molecule has 18 heavy (non-hydrogen) atoms. The third-order valence-electron chi connectivity index (χ3n) is 3.50. The molecule has 0 aromatic rings. The molecule has 0 aromatic carbocycles. The van der Waals surface area contributed by atoms with E-state index in [0.717, 1.165) is 32.6 Å². The van der Waals surface area contributed by atoms with Crippen molar-refractivity contribution in [3.63, 3.8) is 0 Å². The molecule has 0 saturated carbocycles. The Hall–Kier alpha value is -1.33. The van der Waals surface area contributed by atoms with Crippen molar-refractivity contribution in [2.75, 3.05) is 26.8 Å². The van der Waals surface area contributed by atoms with Crippen LogP contribution in [0.25, 0.3) is 0 Å². The van der Waals surface area contributed by atoms with Crippen LogP contribution in [0.5, 0.6) is 0 Å². The van der Waals surface area contributed by atoms with E-state index in [0.29, 0.717) is 11.5 Å². The number of ether oxygens (including phenoxy) is 1. The quantitative estimate of drug-likeness (QED) is 0.775. The van der Waals surface area contributed by atoms with Gasteiger partial charge in [-0.3, -0.25) is 4.90 Å². The lowest BCUT2D eigenvalue weighted by atomic mass is 9.99. The minimum absolute atomic E-state index is 0.240. The van der Waals surface area contributed by atoms with E-state index in [4.69, 9.17) is 4.74 Å². The minimum Gasteiger partial charge on any atom is -0.478 e. The van der Waals surface area contributed by atoms with Crippen molar-refractivity contribution in [1.29, 1.82) is 0 Å². The summed E-state index contributed by atoms with van der Waals surface area (Å²) >= 11 is 0. The van der Waals surface area contributed by atoms with Gasteiger partial charge in [-0.15, -0.1) is 0 Å². The number of hydrogen-bond acceptors (Lipinski definition) is 4. The number of carboxylic acid groups (broad SMARTS) is 1. The summed E-state index contributed by atoms with van der Waals surface area (Å²) < 4.78 is 5.34. The summed E-state index contributed by atoms with van der Waals surface area (Å²) in [5.41, 5.74) is 0.395. The first-order valence-corrected chi connectivity index (χ1v) is 6.32. The molecule has 5 heteroatoms. The molecule has 2 aliphatic rings. The molecule has 0 bridgehead atoms. The fourth-order valence-corrected chi connectivity index (χ4v) is 2.47. The lowest BCUT2D eigenvalue weighted by molar-refractivity contribution is -0.133. The molecule has 0 aliphatic carbocycles. The van der Waals surface area contributed by atoms with Gasteiger partial charge in [0.15, 0.2) is 0 Å². The molecular formula is C13H20N2O3. The first-order chi connectivity index (χ1) is 8.68. The van der Waals surface area contributed by atoms with Crippen molar-refractivity contribution < 1.29 is 14.6 Å². The highest BCUT2D eigenvalue weighted by molar-refractivity contribution is 5.88. The SMILES string of the molecule is CN(CC1CCOCC1)C1NC=CC=C1C(=O)O. The van der Waals surface area contributed by atoms with Gasteiger partial charge in [0.25, 0.3) is 0 Å². The molecule has 2 N–H and O–H groups in total. The second-order valence-corrected chi connectivity index (χ2v) is 4.85. The third kappa shape index (κ3) is 3.11. The summed E-state index contributed by atoms with van der Waals surface area (Å²) in [6, 6.07) is 0. The van der Waals surface area contributed by atoms with Gasteiger partial charge in [-0.2, -0.15) is 0 Å². The molecule has 1 saturated heterocycles. The molecule has 1 atom stereocenters. The zero-order valence-electron chi connectivity index (χ0n) is 10.6. The lowest BCUT2D eigenvalue weighted by Gasteiger charge is -2.34. The van der Waals surface area contributed by atoms with Gasteiger partial charge in [0.05, 0.1) is 5.57 Å². The topological polar surface area (TPSA) is 61.8 Å². The van der Waals surface area contributed by atoms with Crippen LogP contribution in [0.3, 0.4) is 0 Å². The minimum atomic E-state index is -0.865. The number of aliphatic carboxylic acids is 1. The summed E-state index contributed by atoms with van der Waals surface area (Å²) in [5, 5.41) is 12.3. The molecule has 2 aliphatic heterocycles. The van der Waals surface area contributed by atoms with Crippen LogP contribution in [0.4, 0.5) is 0 Å². The molecule has 100 valence electrons. The number of nitrogens with one attached hydrogen (secondary N) is 1. The maximum Gasteiger partial charge on any atom is 0.335 e. The van der Waals surface area contributed by atoms with Crippen LogP contribution in [0.1, 0.15) is 12.8 Å². The van der Waals surface area contributed by atoms with Crippen LogP contribution >= 0.6 is 0 Å². The maximum atomic E-state index is 11.2. The van der Waals surface area contributed by atoms with E-state index in [1.807, 2.05) is 7.05 Å². The lowest BCUT2D eigenvalue weighted by Crippen LogP contribution is -2.47. The summed E-state index contributed by atoms with van der Waals surface area (Å²) in [6.07, 6.45) is 7.04. The zero-order valence-corrected chi connectivity index (χ0v) is 10.6. The summed E-state index contributed by atoms with van der Waals surface area (Å²) in [5.74, 6) is -0.276. The van der Waals surface area contributed by atoms with E-state index in [9.17, 15) is 9.90 Å². The molecule has 0 amide bonds. The Morgan fingerprint density at radius 2 is 2.28 bits per heavy atom. The van der Waals surface area contributed by atoms with Gasteiger partial charge >= 0.3 is 5.97 Å². The Labute approximate surface area is 107 Å². The van der Waals surface area contributed by atoms with Crippen LogP contribution < -0.4 is 5.32 Å². The molecule has 2 rings (SSSR count). The number of nitrogens with zero attached hydrogens (tertiary/aromatic N) is 1. The number of carboxylic acids is 1. The number of hydrogen-bond donors (Lipinski definition) is 2. The first-order valence-electron chi connectivity index (χ1n) is 6.32. The normalized spacial score (nSPS) is 24.8. The third-order valence-corrected chi connectivity index (χ3v) is 3.50. The highest BCUT2D eigenvalue weighted by atomic mass is 16.5. The van der Waals surface area contributed by atoms with Crippen LogP contribution in [-0.2, 0) is 9.53 Å². The average molecular weight is 252 g/mol. The van der Waals surface area contributed by atoms with Crippen LogP contribution in [0.2, 0.25) is 0 Å². The summed E-state index contributed by atoms with van der Waals surface area (Å²) in [4.78, 5) is 13.2. The van der Waals surface area contributed by atoms with Crippen molar-refractivity contribution in [3.8, 4) is 0 Å². The van der Waals surface area contributed by atoms with Crippen LogP contribution in [0, 0.1) is 5.92 Å². The van der Waals surface area contributed by atoms with Gasteiger partial charge in [0.1, 0.15) is 6.17 Å². The second-order valence-electron chi connectivity index (χ2n) is 4.85. The van der Waals surface area contributed by atoms with E-state index in [2.05, 4.69) is 10.2 Å². The zero-order chi connectivity index (χ0) is 13.0. The molecule has 5 nitrogen and oxygen atoms in total. The van der Waals surface area contributed by atoms with E-state index in [1.54, 1.807) is 18.4 Å². The fourth-order valence-electron chi connectivity index (χ4n) is 2.47. The van der Waals surface area contributed by atoms with Crippen molar-refractivity contribution in [3.05, 3.63) is 23.9 Å². The van der Waals surface area contributed by atoms with Gasteiger partial charge in [-0.25, -0.2) is 4.79 Å². The highest BCUT2D eigenvalue weighted by Gasteiger charge is 2.27. The Balaban J connectivity index is 1.95. The maximum absolute atomic E-state index is 11.2. The van der Waals surface area contributed by atoms with Gasteiger partial charge < -0.3 is 15.2 Å². The highest BCUT2D eigenvalue weighted by Crippen LogP contribution is 2.19. The van der Waals surface area contributed by atoms with Crippen molar-refractivity contribution in [2.45, 2.75) is 19.0 Å². The van der Waals surface area contributed by atoms with Crippen LogP contribution in [-0.4, -0.2) is 48.9 Å². The van der Waals surface area contributed by atoms with E-state index < -0.39 is 5.97 Å². The molecule has 0 aromatic heterocycles. The van der Waals surface area contributed by atoms with E-state index in [1.165, 1.54) is 0 Å². The summed E-state index contributed by atoms with van der Waals surface area (Å²) in [6.45, 7) is 2.52. The van der Waals surface area contributed by atoms with Crippen molar-refractivity contribution in [2.24, 2.45) is 5.92 Å². The number of carbonyl (C=O) groups is 1. The summed E-state index contributed by atoms with van der Waals surface area (Å²) in [7, 11) is 1.96. The predicted octanol–water partition coefficient (Wildman–Crippen LogP) is 0.799. The van der Waals surface area contributed by atoms with Crippen molar-refractivity contribution in [1.82, 2.24) is 10.2 Å². The molecule has 1 fully saturated rings. The van der Waals surface area contributed by atoms with Gasteiger partial charge in [0.2, 0.25) is 0 Å². The molecule has 2 heterocycles. The predicted molar refractivity (Wildman–Crippen MR) is 68.0 cm³/mol. The monoisotopic (exact) mass is 252 g/mol. The fraction of sp³-hybridized carbons (Fsp3) is 0.615. The number of allylic oxidation sites excluding steroid dienone is 2. The molecule has 0 spiro atoms. The Morgan fingerprint density at radius 1 is 1.56 bits per heavy atom. The van der Waals surface area contributed by atoms with E-state index in [-0.39, 0.29) is 6.17 Å². The standard InChI is InChI=1S/C13H20N2O3/c1-15(9-10-4-7-18-8-5-10)12-11(13(16)17)3-2-6-14-12/h2-3,6,10,12,14H,4-5,7-9H2,1H3,(H,16,17). The smallest absolute Gasteiger partial charge is 0.335 e. The Morgan fingerprint density at radius 3 is 2.94 bits per heavy atom. The van der Waals surface area contributed by atoms with Crippen molar-refractivity contribution >= 4 is 5.97 Å². The average Bonchev–Trinajstić information content (AvgIpc) is 2.40. The van der Waals surface area contributed by atoms with Gasteiger partial charge in [-0.05, 0) is 44.2 Å². The largest absolute Gasteiger partial charge is 0.478 e. The van der Waals surface area contributed by atoms with Crippen LogP contribution in [0.15, 0.2) is 23.9 Å².